The third kappa shape index (κ3) is 1.99. The summed E-state index contributed by atoms with van der Waals surface area (Å²) in [5, 5.41) is 0.410. The minimum Gasteiger partial charge on any atom is -0.494 e. The number of aryl methyl sites for hydroxylation is 1. The summed E-state index contributed by atoms with van der Waals surface area (Å²) in [4.78, 5) is 11.3. The topological polar surface area (TPSA) is 35.5 Å². The zero-order valence-electron chi connectivity index (χ0n) is 8.26. The zero-order chi connectivity index (χ0) is 10.7. The summed E-state index contributed by atoms with van der Waals surface area (Å²) in [6.07, 6.45) is 0. The smallest absolute Gasteiger partial charge is 0.341 e. The van der Waals surface area contributed by atoms with Gasteiger partial charge in [0.25, 0.3) is 0 Å². The van der Waals surface area contributed by atoms with E-state index in [1.165, 1.54) is 14.2 Å². The molecule has 0 unspecified atom stereocenters. The average Bonchev–Trinajstić information content (AvgIpc) is 2.15. The lowest BCUT2D eigenvalue weighted by atomic mass is 10.1. The normalized spacial score (nSPS) is 9.71. The van der Waals surface area contributed by atoms with E-state index < -0.39 is 5.97 Å². The number of halogens is 1. The molecule has 0 heterocycles. The fourth-order valence-electron chi connectivity index (χ4n) is 1.20. The van der Waals surface area contributed by atoms with Crippen molar-refractivity contribution in [3.8, 4) is 5.75 Å². The zero-order valence-corrected chi connectivity index (χ0v) is 9.01. The van der Waals surface area contributed by atoms with Crippen LogP contribution in [0, 0.1) is 6.92 Å². The Morgan fingerprint density at radius 1 is 1.36 bits per heavy atom. The van der Waals surface area contributed by atoms with Crippen molar-refractivity contribution >= 4 is 17.6 Å². The molecule has 3 nitrogen and oxygen atoms in total. The number of ether oxygens (including phenoxy) is 2. The molecule has 0 fully saturated rings. The predicted molar refractivity (Wildman–Crippen MR) is 54.1 cm³/mol. The lowest BCUT2D eigenvalue weighted by molar-refractivity contribution is 0.0597. The molecular weight excluding hydrogens is 204 g/mol. The molecule has 1 rings (SSSR count). The molecule has 1 aromatic rings. The SMILES string of the molecule is COC(=O)c1cc(C)cc(Cl)c1OC. The van der Waals surface area contributed by atoms with Crippen molar-refractivity contribution in [2.75, 3.05) is 14.2 Å². The van der Waals surface area contributed by atoms with Gasteiger partial charge in [-0.2, -0.15) is 0 Å². The fraction of sp³-hybridized carbons (Fsp3) is 0.300. The van der Waals surface area contributed by atoms with Crippen LogP contribution in [-0.2, 0) is 4.74 Å². The molecule has 0 N–H and O–H groups in total. The fourth-order valence-corrected chi connectivity index (χ4v) is 1.55. The molecule has 1 aromatic carbocycles. The Bertz CT molecular complexity index is 361. The van der Waals surface area contributed by atoms with Crippen molar-refractivity contribution in [2.24, 2.45) is 0 Å². The van der Waals surface area contributed by atoms with Crippen molar-refractivity contribution in [1.29, 1.82) is 0 Å². The molecule has 0 radical (unpaired) electrons. The van der Waals surface area contributed by atoms with Crippen molar-refractivity contribution in [1.82, 2.24) is 0 Å². The maximum absolute atomic E-state index is 11.3. The van der Waals surface area contributed by atoms with E-state index in [0.29, 0.717) is 16.3 Å². The summed E-state index contributed by atoms with van der Waals surface area (Å²) >= 11 is 5.90. The second kappa shape index (κ2) is 4.33. The van der Waals surface area contributed by atoms with Gasteiger partial charge < -0.3 is 9.47 Å². The van der Waals surface area contributed by atoms with Crippen LogP contribution in [0.4, 0.5) is 0 Å². The molecule has 0 saturated carbocycles. The van der Waals surface area contributed by atoms with Gasteiger partial charge >= 0.3 is 5.97 Å². The van der Waals surface area contributed by atoms with Crippen LogP contribution in [0.1, 0.15) is 15.9 Å². The predicted octanol–water partition coefficient (Wildman–Crippen LogP) is 2.44. The first kappa shape index (κ1) is 10.9. The molecule has 0 aromatic heterocycles. The summed E-state index contributed by atoms with van der Waals surface area (Å²) in [6, 6.07) is 3.41. The summed E-state index contributed by atoms with van der Waals surface area (Å²) in [5.74, 6) is -0.100. The quantitative estimate of drug-likeness (QED) is 0.710. The molecule has 0 spiro atoms. The van der Waals surface area contributed by atoms with E-state index in [1.807, 2.05) is 6.92 Å². The molecule has 14 heavy (non-hydrogen) atoms. The Hall–Kier alpha value is -1.22. The highest BCUT2D eigenvalue weighted by Gasteiger charge is 2.16. The summed E-state index contributed by atoms with van der Waals surface area (Å²) in [7, 11) is 2.78. The first-order chi connectivity index (χ1) is 6.60. The van der Waals surface area contributed by atoms with Gasteiger partial charge in [-0.1, -0.05) is 11.6 Å². The van der Waals surface area contributed by atoms with Crippen LogP contribution in [-0.4, -0.2) is 20.2 Å². The van der Waals surface area contributed by atoms with Crippen molar-refractivity contribution in [2.45, 2.75) is 6.92 Å². The Kier molecular flexibility index (Phi) is 3.36. The largest absolute Gasteiger partial charge is 0.494 e. The molecule has 76 valence electrons. The maximum Gasteiger partial charge on any atom is 0.341 e. The summed E-state index contributed by atoms with van der Waals surface area (Å²) < 4.78 is 9.63. The van der Waals surface area contributed by atoms with E-state index in [-0.39, 0.29) is 0 Å². The van der Waals surface area contributed by atoms with E-state index in [0.717, 1.165) is 5.56 Å². The van der Waals surface area contributed by atoms with Crippen molar-refractivity contribution < 1.29 is 14.3 Å². The van der Waals surface area contributed by atoms with Gasteiger partial charge in [0, 0.05) is 0 Å². The lowest BCUT2D eigenvalue weighted by Gasteiger charge is -2.09. The number of hydrogen-bond donors (Lipinski definition) is 0. The van der Waals surface area contributed by atoms with Gasteiger partial charge in [-0.15, -0.1) is 0 Å². The van der Waals surface area contributed by atoms with Crippen LogP contribution in [0.15, 0.2) is 12.1 Å². The number of esters is 1. The van der Waals surface area contributed by atoms with Gasteiger partial charge in [-0.05, 0) is 24.6 Å². The van der Waals surface area contributed by atoms with Crippen LogP contribution in [0.3, 0.4) is 0 Å². The average molecular weight is 215 g/mol. The van der Waals surface area contributed by atoms with E-state index in [4.69, 9.17) is 16.3 Å². The third-order valence-electron chi connectivity index (χ3n) is 1.80. The van der Waals surface area contributed by atoms with E-state index in [1.54, 1.807) is 12.1 Å². The van der Waals surface area contributed by atoms with Gasteiger partial charge in [-0.3, -0.25) is 0 Å². The van der Waals surface area contributed by atoms with Crippen LogP contribution in [0.2, 0.25) is 5.02 Å². The number of carbonyl (C=O) groups excluding carboxylic acids is 1. The Morgan fingerprint density at radius 3 is 2.50 bits per heavy atom. The highest BCUT2D eigenvalue weighted by atomic mass is 35.5. The van der Waals surface area contributed by atoms with Gasteiger partial charge in [-0.25, -0.2) is 4.79 Å². The molecule has 0 aliphatic heterocycles. The second-order valence-corrected chi connectivity index (χ2v) is 3.23. The molecule has 0 atom stereocenters. The van der Waals surface area contributed by atoms with Crippen molar-refractivity contribution in [3.63, 3.8) is 0 Å². The van der Waals surface area contributed by atoms with Crippen LogP contribution < -0.4 is 4.74 Å². The third-order valence-corrected chi connectivity index (χ3v) is 2.08. The molecule has 0 amide bonds. The number of hydrogen-bond acceptors (Lipinski definition) is 3. The molecule has 0 aliphatic carbocycles. The molecular formula is C10H11ClO3. The Morgan fingerprint density at radius 2 is 2.00 bits per heavy atom. The number of rotatable bonds is 2. The van der Waals surface area contributed by atoms with E-state index >= 15 is 0 Å². The molecule has 0 bridgehead atoms. The summed E-state index contributed by atoms with van der Waals surface area (Å²) in [5.41, 5.74) is 1.23. The second-order valence-electron chi connectivity index (χ2n) is 2.82. The molecule has 0 aliphatic rings. The first-order valence-corrected chi connectivity index (χ1v) is 4.40. The number of carbonyl (C=O) groups is 1. The Labute approximate surface area is 87.6 Å². The minimum absolute atomic E-state index is 0.347. The lowest BCUT2D eigenvalue weighted by Crippen LogP contribution is -2.04. The number of methoxy groups -OCH3 is 2. The van der Waals surface area contributed by atoms with Crippen LogP contribution >= 0.6 is 11.6 Å². The van der Waals surface area contributed by atoms with Gasteiger partial charge in [0.2, 0.25) is 0 Å². The summed E-state index contributed by atoms with van der Waals surface area (Å²) in [6.45, 7) is 1.84. The van der Waals surface area contributed by atoms with E-state index in [9.17, 15) is 4.79 Å². The first-order valence-electron chi connectivity index (χ1n) is 4.02. The van der Waals surface area contributed by atoms with Gasteiger partial charge in [0.1, 0.15) is 5.56 Å². The van der Waals surface area contributed by atoms with Gasteiger partial charge in [0.05, 0.1) is 19.2 Å². The maximum atomic E-state index is 11.3. The van der Waals surface area contributed by atoms with Crippen LogP contribution in [0.25, 0.3) is 0 Å². The number of benzene rings is 1. The monoisotopic (exact) mass is 214 g/mol. The highest BCUT2D eigenvalue weighted by molar-refractivity contribution is 6.32. The highest BCUT2D eigenvalue weighted by Crippen LogP contribution is 2.30. The van der Waals surface area contributed by atoms with Gasteiger partial charge in [0.15, 0.2) is 5.75 Å². The molecule has 0 saturated heterocycles. The van der Waals surface area contributed by atoms with Crippen LogP contribution in [0.5, 0.6) is 5.75 Å². The minimum atomic E-state index is -0.451. The van der Waals surface area contributed by atoms with Crippen molar-refractivity contribution in [3.05, 3.63) is 28.3 Å². The Balaban J connectivity index is 3.32. The van der Waals surface area contributed by atoms with E-state index in [2.05, 4.69) is 4.74 Å². The standard InChI is InChI=1S/C10H11ClO3/c1-6-4-7(10(12)14-3)9(13-2)8(11)5-6/h4-5H,1-3H3. The molecule has 4 heteroatoms.